The molecule has 0 aromatic heterocycles. The average molecular weight is 382 g/mol. The second kappa shape index (κ2) is 8.07. The number of benzene rings is 2. The molecule has 27 heavy (non-hydrogen) atoms. The van der Waals surface area contributed by atoms with Crippen LogP contribution in [0.25, 0.3) is 0 Å². The van der Waals surface area contributed by atoms with Crippen molar-refractivity contribution in [2.45, 2.75) is 20.0 Å². The van der Waals surface area contributed by atoms with E-state index >= 15 is 0 Å². The van der Waals surface area contributed by atoms with Crippen LogP contribution in [0.1, 0.15) is 29.8 Å². The number of alkyl halides is 3. The van der Waals surface area contributed by atoms with E-state index in [2.05, 4.69) is 0 Å². The minimum Gasteiger partial charge on any atom is -0.449 e. The van der Waals surface area contributed by atoms with Crippen LogP contribution < -0.4 is 9.64 Å². The van der Waals surface area contributed by atoms with Gasteiger partial charge in [0.1, 0.15) is 5.75 Å². The summed E-state index contributed by atoms with van der Waals surface area (Å²) in [6.07, 6.45) is -4.21. The molecule has 0 N–H and O–H groups in total. The Morgan fingerprint density at radius 2 is 1.78 bits per heavy atom. The molecule has 0 saturated carbocycles. The monoisotopic (exact) mass is 382 g/mol. The van der Waals surface area contributed by atoms with Crippen LogP contribution in [0.5, 0.6) is 11.5 Å². The summed E-state index contributed by atoms with van der Waals surface area (Å²) in [6, 6.07) is 6.69. The van der Waals surface area contributed by atoms with Gasteiger partial charge in [-0.05, 0) is 38.1 Å². The maximum atomic E-state index is 12.8. The normalized spacial score (nSPS) is 11.1. The molecular formula is C18H17F3N2O4. The summed E-state index contributed by atoms with van der Waals surface area (Å²) in [5, 5.41) is 11.2. The third-order valence-corrected chi connectivity index (χ3v) is 3.96. The number of hydrogen-bond donors (Lipinski definition) is 0. The van der Waals surface area contributed by atoms with Gasteiger partial charge in [0.2, 0.25) is 5.75 Å². The van der Waals surface area contributed by atoms with Gasteiger partial charge in [-0.1, -0.05) is 0 Å². The molecule has 0 saturated heterocycles. The number of ether oxygens (including phenoxy) is 1. The molecule has 0 radical (unpaired) electrons. The zero-order valence-corrected chi connectivity index (χ0v) is 14.6. The molecule has 0 atom stereocenters. The van der Waals surface area contributed by atoms with E-state index in [0.717, 1.165) is 11.8 Å². The number of carbonyl (C=O) groups is 1. The lowest BCUT2D eigenvalue weighted by Crippen LogP contribution is -2.21. The lowest BCUT2D eigenvalue weighted by molar-refractivity contribution is -0.385. The molecule has 0 spiro atoms. The number of hydrogen-bond acceptors (Lipinski definition) is 5. The van der Waals surface area contributed by atoms with Gasteiger partial charge in [-0.15, -0.1) is 0 Å². The molecule has 0 heterocycles. The standard InChI is InChI=1S/C18H17F3N2O4/c1-3-22(4-2)14-7-5-12(11-24)17(10-14)27-16-8-6-13(18(19,20)21)9-15(16)23(25)26/h5-11H,3-4H2,1-2H3. The van der Waals surface area contributed by atoms with E-state index in [4.69, 9.17) is 4.74 Å². The van der Waals surface area contributed by atoms with Gasteiger partial charge in [0, 0.05) is 30.9 Å². The van der Waals surface area contributed by atoms with Gasteiger partial charge in [0.15, 0.2) is 6.29 Å². The topological polar surface area (TPSA) is 72.7 Å². The summed E-state index contributed by atoms with van der Waals surface area (Å²) < 4.78 is 43.9. The molecule has 0 amide bonds. The largest absolute Gasteiger partial charge is 0.449 e. The van der Waals surface area contributed by atoms with E-state index in [-0.39, 0.29) is 17.1 Å². The number of anilines is 1. The molecule has 0 aliphatic heterocycles. The van der Waals surface area contributed by atoms with E-state index in [1.165, 1.54) is 12.1 Å². The summed E-state index contributed by atoms with van der Waals surface area (Å²) in [7, 11) is 0. The molecule has 2 aromatic carbocycles. The molecule has 9 heteroatoms. The first kappa shape index (κ1) is 20.2. The molecule has 0 aliphatic rings. The Morgan fingerprint density at radius 3 is 2.30 bits per heavy atom. The summed E-state index contributed by atoms with van der Waals surface area (Å²) in [6.45, 7) is 5.21. The van der Waals surface area contributed by atoms with Crippen molar-refractivity contribution in [2.75, 3.05) is 18.0 Å². The molecule has 6 nitrogen and oxygen atoms in total. The molecule has 2 aromatic rings. The van der Waals surface area contributed by atoms with Crippen molar-refractivity contribution in [2.24, 2.45) is 0 Å². The minimum atomic E-state index is -4.72. The average Bonchev–Trinajstić information content (AvgIpc) is 2.62. The highest BCUT2D eigenvalue weighted by Crippen LogP contribution is 2.39. The number of nitro groups is 1. The Labute approximate surface area is 153 Å². The number of nitro benzene ring substituents is 1. The maximum Gasteiger partial charge on any atom is 0.416 e. The van der Waals surface area contributed by atoms with Gasteiger partial charge in [0.05, 0.1) is 16.1 Å². The van der Waals surface area contributed by atoms with Gasteiger partial charge in [0.25, 0.3) is 0 Å². The Morgan fingerprint density at radius 1 is 1.11 bits per heavy atom. The van der Waals surface area contributed by atoms with Crippen molar-refractivity contribution < 1.29 is 27.6 Å². The summed E-state index contributed by atoms with van der Waals surface area (Å²) in [5.41, 5.74) is -1.15. The molecule has 144 valence electrons. The van der Waals surface area contributed by atoms with Crippen molar-refractivity contribution >= 4 is 17.7 Å². The molecule has 2 rings (SSSR count). The highest BCUT2D eigenvalue weighted by atomic mass is 19.4. The predicted molar refractivity (Wildman–Crippen MR) is 93.6 cm³/mol. The molecular weight excluding hydrogens is 365 g/mol. The molecule has 0 bridgehead atoms. The first-order valence-corrected chi connectivity index (χ1v) is 8.08. The third kappa shape index (κ3) is 4.55. The van der Waals surface area contributed by atoms with Gasteiger partial charge in [-0.25, -0.2) is 0 Å². The SMILES string of the molecule is CCN(CC)c1ccc(C=O)c(Oc2ccc(C(F)(F)F)cc2[N+](=O)[O-])c1. The van der Waals surface area contributed by atoms with Crippen LogP contribution in [-0.4, -0.2) is 24.3 Å². The Kier molecular flexibility index (Phi) is 6.04. The molecule has 0 unspecified atom stereocenters. The smallest absolute Gasteiger partial charge is 0.416 e. The van der Waals surface area contributed by atoms with Gasteiger partial charge in [-0.2, -0.15) is 13.2 Å². The van der Waals surface area contributed by atoms with E-state index < -0.39 is 22.4 Å². The highest BCUT2D eigenvalue weighted by molar-refractivity contribution is 5.81. The Hall–Kier alpha value is -3.10. The van der Waals surface area contributed by atoms with Crippen LogP contribution in [0, 0.1) is 10.1 Å². The second-order valence-electron chi connectivity index (χ2n) is 5.55. The van der Waals surface area contributed by atoms with E-state index in [0.29, 0.717) is 31.5 Å². The minimum absolute atomic E-state index is 0.0252. The van der Waals surface area contributed by atoms with Crippen molar-refractivity contribution in [3.05, 3.63) is 57.6 Å². The summed E-state index contributed by atoms with van der Waals surface area (Å²) in [4.78, 5) is 23.5. The quantitative estimate of drug-likeness (QED) is 0.380. The number of halogens is 3. The summed E-state index contributed by atoms with van der Waals surface area (Å²) >= 11 is 0. The number of rotatable bonds is 7. The number of nitrogens with zero attached hydrogens (tertiary/aromatic N) is 2. The van der Waals surface area contributed by atoms with E-state index in [1.54, 1.807) is 6.07 Å². The van der Waals surface area contributed by atoms with Crippen molar-refractivity contribution in [3.8, 4) is 11.5 Å². The van der Waals surface area contributed by atoms with Crippen LogP contribution >= 0.6 is 0 Å². The lowest BCUT2D eigenvalue weighted by atomic mass is 10.1. The zero-order chi connectivity index (χ0) is 20.2. The highest BCUT2D eigenvalue weighted by Gasteiger charge is 2.33. The fraction of sp³-hybridized carbons (Fsp3) is 0.278. The number of carbonyl (C=O) groups excluding carboxylic acids is 1. The molecule has 0 aliphatic carbocycles. The van der Waals surface area contributed by atoms with Crippen LogP contribution in [0.2, 0.25) is 0 Å². The fourth-order valence-electron chi connectivity index (χ4n) is 2.54. The predicted octanol–water partition coefficient (Wildman–Crippen LogP) is 5.06. The fourth-order valence-corrected chi connectivity index (χ4v) is 2.54. The Bertz CT molecular complexity index is 849. The van der Waals surface area contributed by atoms with Crippen molar-refractivity contribution in [1.29, 1.82) is 0 Å². The lowest BCUT2D eigenvalue weighted by Gasteiger charge is -2.22. The maximum absolute atomic E-state index is 12.8. The van der Waals surface area contributed by atoms with Crippen molar-refractivity contribution in [1.82, 2.24) is 0 Å². The van der Waals surface area contributed by atoms with Crippen LogP contribution in [0.15, 0.2) is 36.4 Å². The van der Waals surface area contributed by atoms with E-state index in [9.17, 15) is 28.1 Å². The zero-order valence-electron chi connectivity index (χ0n) is 14.6. The van der Waals surface area contributed by atoms with Crippen LogP contribution in [-0.2, 0) is 6.18 Å². The Balaban J connectivity index is 2.50. The van der Waals surface area contributed by atoms with Gasteiger partial charge in [-0.3, -0.25) is 14.9 Å². The first-order valence-electron chi connectivity index (χ1n) is 8.08. The van der Waals surface area contributed by atoms with Crippen LogP contribution in [0.4, 0.5) is 24.5 Å². The van der Waals surface area contributed by atoms with Crippen LogP contribution in [0.3, 0.4) is 0 Å². The van der Waals surface area contributed by atoms with Crippen molar-refractivity contribution in [3.63, 3.8) is 0 Å². The second-order valence-corrected chi connectivity index (χ2v) is 5.55. The van der Waals surface area contributed by atoms with Gasteiger partial charge >= 0.3 is 11.9 Å². The van der Waals surface area contributed by atoms with Gasteiger partial charge < -0.3 is 9.64 Å². The first-order chi connectivity index (χ1) is 12.7. The third-order valence-electron chi connectivity index (χ3n) is 3.96. The number of aldehydes is 1. The van der Waals surface area contributed by atoms with E-state index in [1.807, 2.05) is 18.7 Å². The summed E-state index contributed by atoms with van der Waals surface area (Å²) in [5.74, 6) is -0.356. The molecule has 0 fully saturated rings.